The molecule has 0 spiro atoms. The highest BCUT2D eigenvalue weighted by Gasteiger charge is 2.38. The number of likely N-dealkylation sites (tertiary alicyclic amines) is 1. The first-order valence-electron chi connectivity index (χ1n) is 18.1. The molecule has 1 heterocycles. The molecule has 0 aromatic carbocycles. The second-order valence-electron chi connectivity index (χ2n) is 12.8. The highest BCUT2D eigenvalue weighted by atomic mass is 16.6. The summed E-state index contributed by atoms with van der Waals surface area (Å²) in [6.07, 6.45) is 15.8. The summed E-state index contributed by atoms with van der Waals surface area (Å²) >= 11 is 0. The Labute approximate surface area is 278 Å². The maximum absolute atomic E-state index is 13.2. The summed E-state index contributed by atoms with van der Waals surface area (Å²) < 4.78 is 21.6. The molecule has 2 unspecified atom stereocenters. The third-order valence-electron chi connectivity index (χ3n) is 8.44. The molecule has 10 nitrogen and oxygen atoms in total. The van der Waals surface area contributed by atoms with Crippen molar-refractivity contribution in [1.29, 1.82) is 0 Å². The molecule has 1 amide bonds. The van der Waals surface area contributed by atoms with Crippen LogP contribution in [0.4, 0.5) is 4.79 Å². The van der Waals surface area contributed by atoms with E-state index in [-0.39, 0.29) is 69.1 Å². The van der Waals surface area contributed by atoms with E-state index in [1.807, 2.05) is 6.92 Å². The Hall–Kier alpha value is -2.65. The second kappa shape index (κ2) is 26.4. The van der Waals surface area contributed by atoms with E-state index in [9.17, 15) is 24.0 Å². The minimum absolute atomic E-state index is 0.0219. The van der Waals surface area contributed by atoms with Crippen LogP contribution in [0, 0.1) is 5.92 Å². The number of ether oxygens (including phenoxy) is 4. The smallest absolute Gasteiger partial charge is 0.410 e. The lowest BCUT2D eigenvalue weighted by Gasteiger charge is -2.29. The van der Waals surface area contributed by atoms with Gasteiger partial charge in [0.25, 0.3) is 0 Å². The predicted octanol–water partition coefficient (Wildman–Crippen LogP) is 7.87. The number of carbonyl (C=O) groups excluding carboxylic acids is 5. The topological polar surface area (TPSA) is 126 Å². The fourth-order valence-electron chi connectivity index (χ4n) is 5.77. The van der Waals surface area contributed by atoms with Crippen molar-refractivity contribution in [2.24, 2.45) is 5.92 Å². The third-order valence-corrected chi connectivity index (χ3v) is 8.44. The van der Waals surface area contributed by atoms with Gasteiger partial charge in [-0.3, -0.25) is 24.1 Å². The van der Waals surface area contributed by atoms with E-state index in [0.29, 0.717) is 38.5 Å². The minimum Gasteiger partial charge on any atom is -0.465 e. The standard InChI is InChI=1S/C36H63NO9/c1-5-8-10-12-14-16-18-34(40)45-26-30(27-46-35(41)19-17-15-13-11-9-6-2)25-33(39)23-22-31-20-21-32(28-44-29(4)38)37(31)36(42)43-24-7-3/h30-32H,5-28H2,1-4H3. The number of ketones is 1. The molecule has 46 heavy (non-hydrogen) atoms. The quantitative estimate of drug-likeness (QED) is 0.0494. The molecule has 10 heteroatoms. The maximum Gasteiger partial charge on any atom is 0.410 e. The lowest BCUT2D eigenvalue weighted by Crippen LogP contribution is -2.44. The van der Waals surface area contributed by atoms with Crippen molar-refractivity contribution in [1.82, 2.24) is 4.90 Å². The normalized spacial score (nSPS) is 16.0. The van der Waals surface area contributed by atoms with Crippen LogP contribution in [-0.2, 0) is 38.1 Å². The number of hydrogen-bond donors (Lipinski definition) is 0. The predicted molar refractivity (Wildman–Crippen MR) is 177 cm³/mol. The second-order valence-corrected chi connectivity index (χ2v) is 12.8. The lowest BCUT2D eigenvalue weighted by molar-refractivity contribution is -0.150. The van der Waals surface area contributed by atoms with E-state index in [2.05, 4.69) is 13.8 Å². The molecule has 0 radical (unpaired) electrons. The zero-order chi connectivity index (χ0) is 34.0. The van der Waals surface area contributed by atoms with Crippen molar-refractivity contribution in [3.63, 3.8) is 0 Å². The summed E-state index contributed by atoms with van der Waals surface area (Å²) in [6.45, 7) is 8.01. The van der Waals surface area contributed by atoms with Crippen molar-refractivity contribution in [2.45, 2.75) is 168 Å². The molecule has 1 aliphatic rings. The van der Waals surface area contributed by atoms with Gasteiger partial charge >= 0.3 is 24.0 Å². The molecule has 0 aromatic rings. The van der Waals surface area contributed by atoms with Crippen molar-refractivity contribution in [3.05, 3.63) is 0 Å². The van der Waals surface area contributed by atoms with Gasteiger partial charge in [-0.25, -0.2) is 4.79 Å². The summed E-state index contributed by atoms with van der Waals surface area (Å²) in [4.78, 5) is 63.8. The summed E-state index contributed by atoms with van der Waals surface area (Å²) in [5.41, 5.74) is 0. The van der Waals surface area contributed by atoms with Crippen molar-refractivity contribution in [2.75, 3.05) is 26.4 Å². The number of unbranched alkanes of at least 4 members (excludes halogenated alkanes) is 10. The van der Waals surface area contributed by atoms with Gasteiger partial charge in [0.05, 0.1) is 25.9 Å². The molecule has 0 aromatic heterocycles. The van der Waals surface area contributed by atoms with Crippen LogP contribution < -0.4 is 0 Å². The third kappa shape index (κ3) is 19.8. The molecule has 0 aliphatic carbocycles. The Morgan fingerprint density at radius 3 is 1.67 bits per heavy atom. The van der Waals surface area contributed by atoms with Crippen LogP contribution in [0.25, 0.3) is 0 Å². The highest BCUT2D eigenvalue weighted by Crippen LogP contribution is 2.29. The number of carbonyl (C=O) groups is 5. The molecule has 266 valence electrons. The molecule has 1 rings (SSSR count). The average molecular weight is 654 g/mol. The van der Waals surface area contributed by atoms with Crippen molar-refractivity contribution in [3.8, 4) is 0 Å². The average Bonchev–Trinajstić information content (AvgIpc) is 3.45. The molecule has 0 saturated carbocycles. The monoisotopic (exact) mass is 653 g/mol. The van der Waals surface area contributed by atoms with Crippen LogP contribution in [0.3, 0.4) is 0 Å². The fraction of sp³-hybridized carbons (Fsp3) is 0.861. The molecule has 2 atom stereocenters. The number of nitrogens with zero attached hydrogens (tertiary/aromatic N) is 1. The van der Waals surface area contributed by atoms with Gasteiger partial charge in [0, 0.05) is 44.6 Å². The molecule has 0 N–H and O–H groups in total. The Morgan fingerprint density at radius 2 is 1.15 bits per heavy atom. The molecular formula is C36H63NO9. The number of Topliss-reactive ketones (excluding diaryl/α,β-unsaturated/α-hetero) is 1. The summed E-state index contributed by atoms with van der Waals surface area (Å²) in [7, 11) is 0. The minimum atomic E-state index is -0.457. The first-order chi connectivity index (χ1) is 22.2. The zero-order valence-corrected chi connectivity index (χ0v) is 29.3. The van der Waals surface area contributed by atoms with E-state index in [0.717, 1.165) is 38.5 Å². The van der Waals surface area contributed by atoms with Crippen LogP contribution in [0.1, 0.15) is 156 Å². The van der Waals surface area contributed by atoms with Crippen LogP contribution in [0.2, 0.25) is 0 Å². The Bertz CT molecular complexity index is 846. The summed E-state index contributed by atoms with van der Waals surface area (Å²) in [6, 6.07) is -0.504. The lowest BCUT2D eigenvalue weighted by atomic mass is 9.99. The van der Waals surface area contributed by atoms with E-state index in [1.165, 1.54) is 45.4 Å². The number of esters is 3. The van der Waals surface area contributed by atoms with Gasteiger partial charge in [0.15, 0.2) is 0 Å². The van der Waals surface area contributed by atoms with Crippen LogP contribution in [0.5, 0.6) is 0 Å². The van der Waals surface area contributed by atoms with E-state index >= 15 is 0 Å². The van der Waals surface area contributed by atoms with Gasteiger partial charge < -0.3 is 18.9 Å². The van der Waals surface area contributed by atoms with Crippen molar-refractivity contribution < 1.29 is 42.9 Å². The first kappa shape index (κ1) is 41.4. The van der Waals surface area contributed by atoms with Gasteiger partial charge in [-0.15, -0.1) is 0 Å². The number of amides is 1. The molecule has 1 saturated heterocycles. The maximum atomic E-state index is 13.2. The van der Waals surface area contributed by atoms with Crippen molar-refractivity contribution >= 4 is 29.8 Å². The van der Waals surface area contributed by atoms with Gasteiger partial charge in [-0.05, 0) is 38.5 Å². The largest absolute Gasteiger partial charge is 0.465 e. The Kier molecular flexibility index (Phi) is 23.8. The van der Waals surface area contributed by atoms with E-state index in [4.69, 9.17) is 18.9 Å². The first-order valence-corrected chi connectivity index (χ1v) is 18.1. The summed E-state index contributed by atoms with van der Waals surface area (Å²) in [5, 5.41) is 0. The van der Waals surface area contributed by atoms with Gasteiger partial charge in [0.2, 0.25) is 0 Å². The SMILES string of the molecule is CCCCCCCCC(=O)OCC(COC(=O)CCCCCCCC)CC(=O)CCC1CCC(COC(C)=O)N1C(=O)OCCC. The van der Waals surface area contributed by atoms with E-state index in [1.54, 1.807) is 4.90 Å². The van der Waals surface area contributed by atoms with Gasteiger partial charge in [0.1, 0.15) is 12.4 Å². The van der Waals surface area contributed by atoms with Gasteiger partial charge in [-0.2, -0.15) is 0 Å². The molecule has 0 bridgehead atoms. The number of hydrogen-bond acceptors (Lipinski definition) is 9. The molecule has 1 fully saturated rings. The van der Waals surface area contributed by atoms with Crippen LogP contribution >= 0.6 is 0 Å². The van der Waals surface area contributed by atoms with Gasteiger partial charge in [-0.1, -0.05) is 85.0 Å². The highest BCUT2D eigenvalue weighted by molar-refractivity contribution is 5.79. The Balaban J connectivity index is 2.68. The van der Waals surface area contributed by atoms with Crippen LogP contribution in [0.15, 0.2) is 0 Å². The molecule has 1 aliphatic heterocycles. The van der Waals surface area contributed by atoms with E-state index < -0.39 is 18.0 Å². The van der Waals surface area contributed by atoms with Crippen LogP contribution in [-0.4, -0.2) is 73.2 Å². The fourth-order valence-corrected chi connectivity index (χ4v) is 5.77. The summed E-state index contributed by atoms with van der Waals surface area (Å²) in [5.74, 6) is -1.48. The number of rotatable bonds is 27. The Morgan fingerprint density at radius 1 is 0.630 bits per heavy atom. The molecular weight excluding hydrogens is 590 g/mol. The zero-order valence-electron chi connectivity index (χ0n) is 29.3.